The van der Waals surface area contributed by atoms with Gasteiger partial charge in [-0.3, -0.25) is 0 Å². The van der Waals surface area contributed by atoms with E-state index in [1.54, 1.807) is 12.4 Å². The Morgan fingerprint density at radius 2 is 0.873 bits per heavy atom. The molecule has 0 saturated carbocycles. The summed E-state index contributed by atoms with van der Waals surface area (Å²) in [4.78, 5) is 11.3. The molecule has 0 spiro atoms. The van der Waals surface area contributed by atoms with Crippen LogP contribution in [0, 0.1) is 6.92 Å². The molecule has 11 aromatic rings. The Morgan fingerprint density at radius 3 is 1.49 bits per heavy atom. The van der Waals surface area contributed by atoms with Crippen LogP contribution in [0.4, 0.5) is 17.1 Å². The van der Waals surface area contributed by atoms with Crippen molar-refractivity contribution in [2.24, 2.45) is 0 Å². The third kappa shape index (κ3) is 7.04. The van der Waals surface area contributed by atoms with Gasteiger partial charge in [0.1, 0.15) is 0 Å². The number of rotatable bonds is 9. The van der Waals surface area contributed by atoms with Crippen molar-refractivity contribution in [3.05, 3.63) is 242 Å². The maximum atomic E-state index is 4.50. The third-order valence-electron chi connectivity index (χ3n) is 12.1. The van der Waals surface area contributed by atoms with Crippen LogP contribution in [0.5, 0.6) is 0 Å². The van der Waals surface area contributed by atoms with Crippen LogP contribution in [0.3, 0.4) is 0 Å². The summed E-state index contributed by atoms with van der Waals surface area (Å²) < 4.78 is 2.47. The van der Waals surface area contributed by atoms with Crippen LogP contribution in [0.2, 0.25) is 0 Å². The first-order valence-electron chi connectivity index (χ1n) is 21.4. The van der Waals surface area contributed by atoms with Gasteiger partial charge >= 0.3 is 0 Å². The lowest BCUT2D eigenvalue weighted by Crippen LogP contribution is -2.10. The molecular weight excluding hydrogens is 765 g/mol. The zero-order valence-corrected chi connectivity index (χ0v) is 34.8. The molecule has 0 amide bonds. The highest BCUT2D eigenvalue weighted by atomic mass is 15.1. The van der Waals surface area contributed by atoms with Gasteiger partial charge in [-0.05, 0) is 130 Å². The smallest absolute Gasteiger partial charge is 0.159 e. The number of anilines is 3. The number of fused-ring (bicyclic) bond motifs is 3. The molecule has 0 radical (unpaired) electrons. The second-order valence-electron chi connectivity index (χ2n) is 15.9. The SMILES string of the molecule is Cc1ccccc1-c1ccc2c(c1)c1c(-c3ccccc3)ccc(-c3ccccc3)c1n2-c1ccc(N(c2ccc(-c3ccccc3)cc2)c2ccc(-c3ncccn3)cc2)cc1. The summed E-state index contributed by atoms with van der Waals surface area (Å²) in [6, 6.07) is 80.6. The molecule has 0 unspecified atom stereocenters. The minimum Gasteiger partial charge on any atom is -0.311 e. The van der Waals surface area contributed by atoms with Gasteiger partial charge in [0.05, 0.1) is 11.0 Å². The Labute approximate surface area is 367 Å². The Balaban J connectivity index is 1.11. The standard InChI is InChI=1S/C59H42N4/c1-41-14-11-12-21-52(41)47-26-37-56-55(40-47)57-53(44-17-7-3-8-18-44)35-36-54(45-19-9-4-10-20-45)58(57)63(56)51-33-31-50(32-34-51)62(48-27-22-43(23-28-48)42-15-5-2-6-16-42)49-29-24-46(25-30-49)59-60-38-13-39-61-59/h2-40H,1H3. The maximum Gasteiger partial charge on any atom is 0.159 e. The largest absolute Gasteiger partial charge is 0.311 e. The number of benzene rings is 9. The van der Waals surface area contributed by atoms with Crippen LogP contribution in [-0.2, 0) is 0 Å². The summed E-state index contributed by atoms with van der Waals surface area (Å²) in [5.74, 6) is 0.703. The van der Waals surface area contributed by atoms with Crippen LogP contribution >= 0.6 is 0 Å². The fourth-order valence-corrected chi connectivity index (χ4v) is 9.03. The van der Waals surface area contributed by atoms with Gasteiger partial charge < -0.3 is 9.47 Å². The number of aromatic nitrogens is 3. The van der Waals surface area contributed by atoms with Crippen molar-refractivity contribution in [2.75, 3.05) is 4.90 Å². The van der Waals surface area contributed by atoms with Gasteiger partial charge in [-0.1, -0.05) is 146 Å². The summed E-state index contributed by atoms with van der Waals surface area (Å²) in [7, 11) is 0. The van der Waals surface area contributed by atoms with E-state index in [0.29, 0.717) is 5.82 Å². The zero-order chi connectivity index (χ0) is 42.1. The molecule has 0 aliphatic carbocycles. The fourth-order valence-electron chi connectivity index (χ4n) is 9.03. The molecule has 298 valence electrons. The zero-order valence-electron chi connectivity index (χ0n) is 34.8. The van der Waals surface area contributed by atoms with Crippen molar-refractivity contribution < 1.29 is 0 Å². The van der Waals surface area contributed by atoms with Crippen LogP contribution in [0.15, 0.2) is 237 Å². The van der Waals surface area contributed by atoms with Crippen molar-refractivity contribution >= 4 is 38.9 Å². The third-order valence-corrected chi connectivity index (χ3v) is 12.1. The maximum absolute atomic E-state index is 4.50. The molecule has 2 heterocycles. The molecule has 0 fully saturated rings. The van der Waals surface area contributed by atoms with Gasteiger partial charge in [-0.15, -0.1) is 0 Å². The summed E-state index contributed by atoms with van der Waals surface area (Å²) in [5.41, 5.74) is 18.4. The molecule has 4 nitrogen and oxygen atoms in total. The molecular formula is C59H42N4. The summed E-state index contributed by atoms with van der Waals surface area (Å²) in [6.45, 7) is 2.19. The fraction of sp³-hybridized carbons (Fsp3) is 0.0169. The van der Waals surface area contributed by atoms with Crippen LogP contribution in [-0.4, -0.2) is 14.5 Å². The minimum absolute atomic E-state index is 0.703. The topological polar surface area (TPSA) is 34.0 Å². The Kier molecular flexibility index (Phi) is 9.72. The first kappa shape index (κ1) is 37.6. The molecule has 63 heavy (non-hydrogen) atoms. The quantitative estimate of drug-likeness (QED) is 0.146. The lowest BCUT2D eigenvalue weighted by atomic mass is 9.93. The minimum atomic E-state index is 0.703. The normalized spacial score (nSPS) is 11.3. The molecule has 0 bridgehead atoms. The van der Waals surface area contributed by atoms with Crippen LogP contribution in [0.25, 0.3) is 83.4 Å². The van der Waals surface area contributed by atoms with E-state index in [0.717, 1.165) is 33.8 Å². The van der Waals surface area contributed by atoms with Gasteiger partial charge in [0, 0.05) is 57.0 Å². The van der Waals surface area contributed by atoms with Crippen molar-refractivity contribution in [3.8, 4) is 61.6 Å². The second kappa shape index (κ2) is 16.3. The predicted octanol–water partition coefficient (Wildman–Crippen LogP) is 15.7. The van der Waals surface area contributed by atoms with E-state index in [4.69, 9.17) is 0 Å². The molecule has 11 rings (SSSR count). The summed E-state index contributed by atoms with van der Waals surface area (Å²) in [5, 5.41) is 2.45. The van der Waals surface area contributed by atoms with Crippen LogP contribution < -0.4 is 4.90 Å². The number of aryl methyl sites for hydroxylation is 1. The van der Waals surface area contributed by atoms with Crippen molar-refractivity contribution in [1.29, 1.82) is 0 Å². The first-order chi connectivity index (χ1) is 31.2. The summed E-state index contributed by atoms with van der Waals surface area (Å²) >= 11 is 0. The predicted molar refractivity (Wildman–Crippen MR) is 263 cm³/mol. The molecule has 0 aliphatic heterocycles. The average molecular weight is 807 g/mol. The van der Waals surface area contributed by atoms with E-state index in [1.807, 2.05) is 6.07 Å². The Morgan fingerprint density at radius 1 is 0.381 bits per heavy atom. The monoisotopic (exact) mass is 806 g/mol. The van der Waals surface area contributed by atoms with Gasteiger partial charge in [-0.25, -0.2) is 9.97 Å². The molecule has 0 N–H and O–H groups in total. The Hall–Kier alpha value is -8.34. The highest BCUT2D eigenvalue weighted by Gasteiger charge is 2.22. The van der Waals surface area contributed by atoms with E-state index in [9.17, 15) is 0 Å². The van der Waals surface area contributed by atoms with Gasteiger partial charge in [0.25, 0.3) is 0 Å². The number of hydrogen-bond donors (Lipinski definition) is 0. The molecule has 0 aliphatic rings. The molecule has 0 atom stereocenters. The molecule has 2 aromatic heterocycles. The Bertz CT molecular complexity index is 3260. The molecule has 9 aromatic carbocycles. The van der Waals surface area contributed by atoms with Crippen LogP contribution in [0.1, 0.15) is 5.56 Å². The molecule has 4 heteroatoms. The van der Waals surface area contributed by atoms with E-state index in [-0.39, 0.29) is 0 Å². The van der Waals surface area contributed by atoms with E-state index >= 15 is 0 Å². The van der Waals surface area contributed by atoms with Crippen molar-refractivity contribution in [3.63, 3.8) is 0 Å². The second-order valence-corrected chi connectivity index (χ2v) is 15.9. The van der Waals surface area contributed by atoms with E-state index in [2.05, 4.69) is 245 Å². The van der Waals surface area contributed by atoms with E-state index < -0.39 is 0 Å². The lowest BCUT2D eigenvalue weighted by molar-refractivity contribution is 1.17. The van der Waals surface area contributed by atoms with Gasteiger partial charge in [0.15, 0.2) is 5.82 Å². The molecule has 0 saturated heterocycles. The number of nitrogens with zero attached hydrogens (tertiary/aromatic N) is 4. The number of hydrogen-bond acceptors (Lipinski definition) is 3. The van der Waals surface area contributed by atoms with Crippen molar-refractivity contribution in [2.45, 2.75) is 6.92 Å². The van der Waals surface area contributed by atoms with Gasteiger partial charge in [0.2, 0.25) is 0 Å². The first-order valence-corrected chi connectivity index (χ1v) is 21.4. The highest BCUT2D eigenvalue weighted by Crippen LogP contribution is 2.45. The highest BCUT2D eigenvalue weighted by molar-refractivity contribution is 6.20. The van der Waals surface area contributed by atoms with Crippen molar-refractivity contribution in [1.82, 2.24) is 14.5 Å². The lowest BCUT2D eigenvalue weighted by Gasteiger charge is -2.26. The average Bonchev–Trinajstić information content (AvgIpc) is 3.70. The van der Waals surface area contributed by atoms with E-state index in [1.165, 1.54) is 66.4 Å². The summed E-state index contributed by atoms with van der Waals surface area (Å²) in [6.07, 6.45) is 3.56. The van der Waals surface area contributed by atoms with Gasteiger partial charge in [-0.2, -0.15) is 0 Å².